The highest BCUT2D eigenvalue weighted by atomic mass is 16.5. The Morgan fingerprint density at radius 1 is 1.11 bits per heavy atom. The minimum atomic E-state index is -0.121. The van der Waals surface area contributed by atoms with Crippen LogP contribution in [0.2, 0.25) is 0 Å². The Kier molecular flexibility index (Phi) is 8.64. The van der Waals surface area contributed by atoms with E-state index in [0.717, 1.165) is 24.6 Å². The molecule has 0 aromatic heterocycles. The number of methoxy groups -OCH3 is 1. The van der Waals surface area contributed by atoms with Gasteiger partial charge in [-0.2, -0.15) is 0 Å². The van der Waals surface area contributed by atoms with E-state index in [0.29, 0.717) is 30.2 Å². The minimum Gasteiger partial charge on any atom is -0.491 e. The molecule has 0 spiro atoms. The summed E-state index contributed by atoms with van der Waals surface area (Å²) in [4.78, 5) is 30.2. The van der Waals surface area contributed by atoms with Crippen LogP contribution < -0.4 is 10.1 Å². The molecule has 1 saturated carbocycles. The van der Waals surface area contributed by atoms with Crippen molar-refractivity contribution in [3.63, 3.8) is 0 Å². The Bertz CT molecular complexity index is 1040. The molecule has 2 aromatic carbocycles. The molecule has 7 heteroatoms. The fourth-order valence-corrected chi connectivity index (χ4v) is 4.80. The predicted molar refractivity (Wildman–Crippen MR) is 141 cm³/mol. The summed E-state index contributed by atoms with van der Waals surface area (Å²) in [5, 5.41) is 2.96. The molecule has 7 nitrogen and oxygen atoms in total. The number of rotatable bonds is 6. The van der Waals surface area contributed by atoms with Crippen LogP contribution in [0.3, 0.4) is 0 Å². The highest BCUT2D eigenvalue weighted by Crippen LogP contribution is 2.32. The lowest BCUT2D eigenvalue weighted by Crippen LogP contribution is -2.47. The first-order valence-corrected chi connectivity index (χ1v) is 13.0. The summed E-state index contributed by atoms with van der Waals surface area (Å²) in [5.74, 6) is 1.29. The summed E-state index contributed by atoms with van der Waals surface area (Å²) < 4.78 is 12.1. The fraction of sp³-hybridized carbons (Fsp3) is 0.517. The molecule has 1 aliphatic heterocycles. The number of nitrogens with zero attached hydrogens (tertiary/aromatic N) is 2. The summed E-state index contributed by atoms with van der Waals surface area (Å²) in [6.45, 7) is 7.29. The number of nitrogens with one attached hydrogen (secondary N) is 1. The summed E-state index contributed by atoms with van der Waals surface area (Å²) >= 11 is 0. The van der Waals surface area contributed by atoms with Crippen LogP contribution in [0, 0.1) is 11.8 Å². The lowest BCUT2D eigenvalue weighted by molar-refractivity contribution is -0.115. The van der Waals surface area contributed by atoms with E-state index in [9.17, 15) is 9.59 Å². The first-order valence-electron chi connectivity index (χ1n) is 13.0. The van der Waals surface area contributed by atoms with Gasteiger partial charge >= 0.3 is 0 Å². The summed E-state index contributed by atoms with van der Waals surface area (Å²) in [6.07, 6.45) is 2.80. The van der Waals surface area contributed by atoms with Gasteiger partial charge in [-0.25, -0.2) is 0 Å². The number of fused-ring (bicyclic) bond motifs is 1. The average molecular weight is 494 g/mol. The van der Waals surface area contributed by atoms with E-state index in [2.05, 4.69) is 24.1 Å². The Morgan fingerprint density at radius 3 is 2.56 bits per heavy atom. The lowest BCUT2D eigenvalue weighted by Gasteiger charge is -2.36. The van der Waals surface area contributed by atoms with Crippen LogP contribution in [0.25, 0.3) is 0 Å². The zero-order valence-electron chi connectivity index (χ0n) is 21.9. The van der Waals surface area contributed by atoms with Crippen LogP contribution >= 0.6 is 0 Å². The molecule has 0 saturated heterocycles. The molecule has 1 heterocycles. The first-order chi connectivity index (χ1) is 17.3. The molecular weight excluding hydrogens is 454 g/mol. The molecule has 1 aliphatic carbocycles. The van der Waals surface area contributed by atoms with Crippen molar-refractivity contribution in [3.8, 4) is 5.75 Å². The molecule has 1 N–H and O–H groups in total. The van der Waals surface area contributed by atoms with E-state index < -0.39 is 0 Å². The molecule has 194 valence electrons. The molecule has 2 aromatic rings. The molecule has 2 amide bonds. The largest absolute Gasteiger partial charge is 0.491 e. The van der Waals surface area contributed by atoms with Crippen LogP contribution in [-0.2, 0) is 16.0 Å². The standard InChI is InChI=1S/C29H39N3O4/c1-20-16-32(17-23-10-11-23)21(2)19-36-26-15-24(30-28(33)14-22-8-6-5-7-9-22)12-13-25(26)29(34)31(3)18-27(20)35-4/h5-9,12-13,15,20-21,23,27H,10-11,14,16-19H2,1-4H3,(H,30,33)/t20-,21-,27+/m0/s1. The van der Waals surface area contributed by atoms with Gasteiger partial charge in [0.15, 0.2) is 0 Å². The van der Waals surface area contributed by atoms with Crippen LogP contribution in [0.15, 0.2) is 48.5 Å². The predicted octanol–water partition coefficient (Wildman–Crippen LogP) is 4.08. The fourth-order valence-electron chi connectivity index (χ4n) is 4.80. The lowest BCUT2D eigenvalue weighted by atomic mass is 10.0. The molecule has 2 aliphatic rings. The van der Waals surface area contributed by atoms with Gasteiger partial charge in [-0.05, 0) is 49.3 Å². The van der Waals surface area contributed by atoms with Gasteiger partial charge in [-0.1, -0.05) is 37.3 Å². The third kappa shape index (κ3) is 6.86. The van der Waals surface area contributed by atoms with E-state index in [1.807, 2.05) is 30.3 Å². The second-order valence-corrected chi connectivity index (χ2v) is 10.4. The number of likely N-dealkylation sites (N-methyl/N-ethyl adjacent to an activating group) is 1. The number of carbonyl (C=O) groups excluding carboxylic acids is 2. The zero-order valence-corrected chi connectivity index (χ0v) is 21.9. The second-order valence-electron chi connectivity index (χ2n) is 10.4. The number of hydrogen-bond acceptors (Lipinski definition) is 5. The van der Waals surface area contributed by atoms with E-state index in [-0.39, 0.29) is 36.3 Å². The van der Waals surface area contributed by atoms with Crippen molar-refractivity contribution in [2.24, 2.45) is 11.8 Å². The summed E-state index contributed by atoms with van der Waals surface area (Å²) in [6, 6.07) is 15.1. The molecular formula is C29H39N3O4. The smallest absolute Gasteiger partial charge is 0.257 e. The number of ether oxygens (including phenoxy) is 2. The quantitative estimate of drug-likeness (QED) is 0.657. The molecule has 1 fully saturated rings. The van der Waals surface area contributed by atoms with E-state index in [1.165, 1.54) is 12.8 Å². The average Bonchev–Trinajstić information content (AvgIpc) is 3.69. The topological polar surface area (TPSA) is 71.1 Å². The third-order valence-corrected chi connectivity index (χ3v) is 7.26. The number of hydrogen-bond donors (Lipinski definition) is 1. The van der Waals surface area contributed by atoms with Crippen molar-refractivity contribution in [2.45, 2.75) is 45.3 Å². The van der Waals surface area contributed by atoms with Crippen LogP contribution in [0.5, 0.6) is 5.75 Å². The maximum atomic E-state index is 13.4. The number of amides is 2. The third-order valence-electron chi connectivity index (χ3n) is 7.26. The summed E-state index contributed by atoms with van der Waals surface area (Å²) in [5.41, 5.74) is 2.05. The zero-order chi connectivity index (χ0) is 25.7. The van der Waals surface area contributed by atoms with E-state index in [1.54, 1.807) is 37.3 Å². The van der Waals surface area contributed by atoms with Gasteiger partial charge in [-0.3, -0.25) is 14.5 Å². The Balaban J connectivity index is 1.56. The first kappa shape index (κ1) is 26.2. The van der Waals surface area contributed by atoms with Gasteiger partial charge in [0.1, 0.15) is 12.4 Å². The molecule has 3 atom stereocenters. The van der Waals surface area contributed by atoms with Gasteiger partial charge in [0.25, 0.3) is 5.91 Å². The van der Waals surface area contributed by atoms with E-state index >= 15 is 0 Å². The van der Waals surface area contributed by atoms with Crippen molar-refractivity contribution in [2.75, 3.05) is 45.7 Å². The van der Waals surface area contributed by atoms with Gasteiger partial charge in [0.05, 0.1) is 18.1 Å². The number of anilines is 1. The van der Waals surface area contributed by atoms with Crippen molar-refractivity contribution < 1.29 is 19.1 Å². The van der Waals surface area contributed by atoms with Crippen LogP contribution in [0.4, 0.5) is 5.69 Å². The second kappa shape index (κ2) is 11.9. The van der Waals surface area contributed by atoms with Gasteiger partial charge in [-0.15, -0.1) is 0 Å². The van der Waals surface area contributed by atoms with Crippen LogP contribution in [0.1, 0.15) is 42.6 Å². The van der Waals surface area contributed by atoms with Gasteiger partial charge in [0.2, 0.25) is 5.91 Å². The maximum absolute atomic E-state index is 13.4. The maximum Gasteiger partial charge on any atom is 0.257 e. The normalized spacial score (nSPS) is 23.7. The van der Waals surface area contributed by atoms with E-state index in [4.69, 9.17) is 9.47 Å². The minimum absolute atomic E-state index is 0.0619. The summed E-state index contributed by atoms with van der Waals surface area (Å²) in [7, 11) is 3.53. The molecule has 0 radical (unpaired) electrons. The van der Waals surface area contributed by atoms with Gasteiger partial charge < -0.3 is 19.7 Å². The molecule has 0 unspecified atom stereocenters. The molecule has 0 bridgehead atoms. The Labute approximate surface area is 214 Å². The van der Waals surface area contributed by atoms with Crippen molar-refractivity contribution in [1.82, 2.24) is 9.80 Å². The van der Waals surface area contributed by atoms with Crippen molar-refractivity contribution >= 4 is 17.5 Å². The SMILES string of the molecule is CO[C@@H]1CN(C)C(=O)c2ccc(NC(=O)Cc3ccccc3)cc2OC[C@H](C)N(CC2CC2)C[C@@H]1C. The Hall–Kier alpha value is -2.90. The Morgan fingerprint density at radius 2 is 1.86 bits per heavy atom. The van der Waals surface area contributed by atoms with Crippen molar-refractivity contribution in [3.05, 3.63) is 59.7 Å². The number of carbonyl (C=O) groups is 2. The monoisotopic (exact) mass is 493 g/mol. The van der Waals surface area contributed by atoms with Gasteiger partial charge in [0, 0.05) is 51.6 Å². The molecule has 4 rings (SSSR count). The molecule has 36 heavy (non-hydrogen) atoms. The number of benzene rings is 2. The highest BCUT2D eigenvalue weighted by Gasteiger charge is 2.31. The highest BCUT2D eigenvalue weighted by molar-refractivity contribution is 5.98. The van der Waals surface area contributed by atoms with Crippen molar-refractivity contribution in [1.29, 1.82) is 0 Å². The van der Waals surface area contributed by atoms with Crippen LogP contribution in [-0.4, -0.2) is 74.2 Å².